The first kappa shape index (κ1) is 12.5. The molecule has 4 nitrogen and oxygen atoms in total. The molecule has 94 valence electrons. The number of ether oxygens (including phenoxy) is 1. The fraction of sp³-hybridized carbons (Fsp3) is 0.214. The zero-order valence-corrected chi connectivity index (χ0v) is 10.6. The van der Waals surface area contributed by atoms with Crippen molar-refractivity contribution in [2.24, 2.45) is 5.84 Å². The molecular weight excluding hydrogens is 226 g/mol. The molecule has 18 heavy (non-hydrogen) atoms. The Kier molecular flexibility index (Phi) is 3.92. The standard InChI is InChI=1S/C14H17N3O/c1-10-13(4-3-9-16-10)14(17-15)11-5-7-12(18-2)8-6-11/h3-9,14,17H,15H2,1-2H3. The van der Waals surface area contributed by atoms with E-state index in [-0.39, 0.29) is 6.04 Å². The summed E-state index contributed by atoms with van der Waals surface area (Å²) in [5.74, 6) is 6.50. The average molecular weight is 243 g/mol. The summed E-state index contributed by atoms with van der Waals surface area (Å²) in [7, 11) is 1.65. The summed E-state index contributed by atoms with van der Waals surface area (Å²) in [4.78, 5) is 4.29. The van der Waals surface area contributed by atoms with Gasteiger partial charge in [-0.2, -0.15) is 0 Å². The fourth-order valence-electron chi connectivity index (χ4n) is 1.96. The lowest BCUT2D eigenvalue weighted by molar-refractivity contribution is 0.414. The monoisotopic (exact) mass is 243 g/mol. The molecule has 0 aliphatic heterocycles. The number of hydrogen-bond donors (Lipinski definition) is 2. The van der Waals surface area contributed by atoms with Crippen molar-refractivity contribution < 1.29 is 4.74 Å². The quantitative estimate of drug-likeness (QED) is 0.636. The lowest BCUT2D eigenvalue weighted by Gasteiger charge is -2.18. The highest BCUT2D eigenvalue weighted by molar-refractivity contribution is 5.36. The molecule has 1 unspecified atom stereocenters. The summed E-state index contributed by atoms with van der Waals surface area (Å²) >= 11 is 0. The molecule has 1 aromatic carbocycles. The van der Waals surface area contributed by atoms with Crippen LogP contribution in [0.25, 0.3) is 0 Å². The van der Waals surface area contributed by atoms with Crippen LogP contribution in [0.5, 0.6) is 5.75 Å². The van der Waals surface area contributed by atoms with Gasteiger partial charge in [-0.25, -0.2) is 5.43 Å². The third-order valence-electron chi connectivity index (χ3n) is 2.97. The Labute approximate surface area is 107 Å². The largest absolute Gasteiger partial charge is 0.497 e. The summed E-state index contributed by atoms with van der Waals surface area (Å²) in [5.41, 5.74) is 5.95. The van der Waals surface area contributed by atoms with Gasteiger partial charge in [-0.15, -0.1) is 0 Å². The molecule has 1 aromatic heterocycles. The molecule has 0 saturated heterocycles. The Balaban J connectivity index is 2.36. The maximum atomic E-state index is 5.67. The van der Waals surface area contributed by atoms with Gasteiger partial charge in [-0.05, 0) is 36.2 Å². The van der Waals surface area contributed by atoms with Crippen LogP contribution < -0.4 is 16.0 Å². The van der Waals surface area contributed by atoms with Gasteiger partial charge >= 0.3 is 0 Å². The van der Waals surface area contributed by atoms with Crippen LogP contribution >= 0.6 is 0 Å². The van der Waals surface area contributed by atoms with Crippen molar-refractivity contribution in [3.8, 4) is 5.75 Å². The van der Waals surface area contributed by atoms with Crippen molar-refractivity contribution in [1.82, 2.24) is 10.4 Å². The molecule has 1 heterocycles. The van der Waals surface area contributed by atoms with E-state index >= 15 is 0 Å². The topological polar surface area (TPSA) is 60.2 Å². The number of methoxy groups -OCH3 is 1. The normalized spacial score (nSPS) is 12.2. The molecule has 0 spiro atoms. The van der Waals surface area contributed by atoms with Crippen LogP contribution in [0.1, 0.15) is 22.9 Å². The van der Waals surface area contributed by atoms with Gasteiger partial charge in [-0.3, -0.25) is 10.8 Å². The van der Waals surface area contributed by atoms with E-state index in [1.807, 2.05) is 43.3 Å². The molecule has 0 fully saturated rings. The number of aryl methyl sites for hydroxylation is 1. The Morgan fingerprint density at radius 1 is 1.22 bits per heavy atom. The number of rotatable bonds is 4. The van der Waals surface area contributed by atoms with Crippen LogP contribution in [0.3, 0.4) is 0 Å². The predicted octanol–water partition coefficient (Wildman–Crippen LogP) is 1.95. The van der Waals surface area contributed by atoms with E-state index in [0.29, 0.717) is 0 Å². The van der Waals surface area contributed by atoms with Gasteiger partial charge in [0.05, 0.1) is 13.2 Å². The molecule has 3 N–H and O–H groups in total. The van der Waals surface area contributed by atoms with Gasteiger partial charge in [-0.1, -0.05) is 18.2 Å². The molecule has 0 aliphatic rings. The smallest absolute Gasteiger partial charge is 0.118 e. The number of hydrazine groups is 1. The first-order valence-corrected chi connectivity index (χ1v) is 5.78. The van der Waals surface area contributed by atoms with E-state index in [9.17, 15) is 0 Å². The number of benzene rings is 1. The fourth-order valence-corrected chi connectivity index (χ4v) is 1.96. The Morgan fingerprint density at radius 3 is 2.50 bits per heavy atom. The number of nitrogens with one attached hydrogen (secondary N) is 1. The van der Waals surface area contributed by atoms with Crippen LogP contribution in [0.15, 0.2) is 42.6 Å². The van der Waals surface area contributed by atoms with E-state index in [1.54, 1.807) is 13.3 Å². The summed E-state index contributed by atoms with van der Waals surface area (Å²) in [6, 6.07) is 11.7. The number of nitrogens with two attached hydrogens (primary N) is 1. The molecule has 0 radical (unpaired) electrons. The van der Waals surface area contributed by atoms with E-state index in [4.69, 9.17) is 10.6 Å². The number of hydrogen-bond acceptors (Lipinski definition) is 4. The van der Waals surface area contributed by atoms with Gasteiger partial charge < -0.3 is 4.74 Å². The molecular formula is C14H17N3O. The van der Waals surface area contributed by atoms with Crippen LogP contribution in [0.4, 0.5) is 0 Å². The highest BCUT2D eigenvalue weighted by atomic mass is 16.5. The second-order valence-electron chi connectivity index (χ2n) is 4.05. The first-order valence-electron chi connectivity index (χ1n) is 5.78. The Bertz CT molecular complexity index is 511. The zero-order valence-electron chi connectivity index (χ0n) is 10.6. The summed E-state index contributed by atoms with van der Waals surface area (Å²) < 4.78 is 5.15. The lowest BCUT2D eigenvalue weighted by atomic mass is 9.98. The average Bonchev–Trinajstić information content (AvgIpc) is 2.42. The molecule has 0 aliphatic carbocycles. The van der Waals surface area contributed by atoms with Gasteiger partial charge in [0.2, 0.25) is 0 Å². The number of pyridine rings is 1. The van der Waals surface area contributed by atoms with E-state index < -0.39 is 0 Å². The lowest BCUT2D eigenvalue weighted by Crippen LogP contribution is -2.29. The third kappa shape index (κ3) is 2.50. The minimum Gasteiger partial charge on any atom is -0.497 e. The SMILES string of the molecule is COc1ccc(C(NN)c2cccnc2C)cc1. The number of aromatic nitrogens is 1. The molecule has 1 atom stereocenters. The molecule has 0 bridgehead atoms. The minimum absolute atomic E-state index is 0.0652. The molecule has 2 aromatic rings. The number of nitrogens with zero attached hydrogens (tertiary/aromatic N) is 1. The van der Waals surface area contributed by atoms with Crippen molar-refractivity contribution in [2.75, 3.05) is 7.11 Å². The second kappa shape index (κ2) is 5.62. The van der Waals surface area contributed by atoms with E-state index in [2.05, 4.69) is 10.4 Å². The van der Waals surface area contributed by atoms with Crippen LogP contribution in [0.2, 0.25) is 0 Å². The summed E-state index contributed by atoms with van der Waals surface area (Å²) in [5, 5.41) is 0. The van der Waals surface area contributed by atoms with Crippen molar-refractivity contribution in [1.29, 1.82) is 0 Å². The molecule has 0 saturated carbocycles. The highest BCUT2D eigenvalue weighted by Crippen LogP contribution is 2.24. The summed E-state index contributed by atoms with van der Waals surface area (Å²) in [6.07, 6.45) is 1.78. The van der Waals surface area contributed by atoms with Crippen molar-refractivity contribution in [3.63, 3.8) is 0 Å². The summed E-state index contributed by atoms with van der Waals surface area (Å²) in [6.45, 7) is 1.98. The first-order chi connectivity index (χ1) is 8.76. The molecule has 4 heteroatoms. The maximum absolute atomic E-state index is 5.67. The minimum atomic E-state index is -0.0652. The van der Waals surface area contributed by atoms with Gasteiger partial charge in [0, 0.05) is 11.9 Å². The van der Waals surface area contributed by atoms with Crippen LogP contribution in [0, 0.1) is 6.92 Å². The van der Waals surface area contributed by atoms with Crippen molar-refractivity contribution in [2.45, 2.75) is 13.0 Å². The Morgan fingerprint density at radius 2 is 1.94 bits per heavy atom. The van der Waals surface area contributed by atoms with Gasteiger partial charge in [0.15, 0.2) is 0 Å². The van der Waals surface area contributed by atoms with Crippen molar-refractivity contribution >= 4 is 0 Å². The Hall–Kier alpha value is -1.91. The molecule has 0 amide bonds. The zero-order chi connectivity index (χ0) is 13.0. The highest BCUT2D eigenvalue weighted by Gasteiger charge is 2.14. The van der Waals surface area contributed by atoms with Crippen LogP contribution in [-0.2, 0) is 0 Å². The van der Waals surface area contributed by atoms with Gasteiger partial charge in [0.1, 0.15) is 5.75 Å². The maximum Gasteiger partial charge on any atom is 0.118 e. The van der Waals surface area contributed by atoms with Crippen LogP contribution in [-0.4, -0.2) is 12.1 Å². The predicted molar refractivity (Wildman–Crippen MR) is 71.1 cm³/mol. The van der Waals surface area contributed by atoms with Crippen molar-refractivity contribution in [3.05, 3.63) is 59.4 Å². The van der Waals surface area contributed by atoms with E-state index in [1.165, 1.54) is 0 Å². The third-order valence-corrected chi connectivity index (χ3v) is 2.97. The molecule has 2 rings (SSSR count). The van der Waals surface area contributed by atoms with E-state index in [0.717, 1.165) is 22.6 Å². The van der Waals surface area contributed by atoms with Gasteiger partial charge in [0.25, 0.3) is 0 Å². The second-order valence-corrected chi connectivity index (χ2v) is 4.05.